The van der Waals surface area contributed by atoms with Crippen molar-refractivity contribution in [3.63, 3.8) is 0 Å². The van der Waals surface area contributed by atoms with Crippen LogP contribution in [0.4, 0.5) is 17.1 Å². The SMILES string of the molecule is Cc1cc2ccc(N(c3ccc4c(c3)CCC4)c3ccc4ccccc4c3)cc2c2ccccc12. The molecule has 1 aliphatic rings. The fraction of sp³-hybridized carbons (Fsp3) is 0.118. The highest BCUT2D eigenvalue weighted by atomic mass is 15.1. The highest BCUT2D eigenvalue weighted by Gasteiger charge is 2.18. The van der Waals surface area contributed by atoms with E-state index in [0.717, 1.165) is 0 Å². The van der Waals surface area contributed by atoms with Gasteiger partial charge in [0.2, 0.25) is 0 Å². The fourth-order valence-electron chi connectivity index (χ4n) is 5.88. The van der Waals surface area contributed by atoms with E-state index in [1.165, 1.54) is 85.3 Å². The van der Waals surface area contributed by atoms with E-state index < -0.39 is 0 Å². The van der Waals surface area contributed by atoms with Gasteiger partial charge in [0, 0.05) is 17.1 Å². The molecule has 0 amide bonds. The summed E-state index contributed by atoms with van der Waals surface area (Å²) in [6.07, 6.45) is 3.64. The van der Waals surface area contributed by atoms with Gasteiger partial charge >= 0.3 is 0 Å². The maximum Gasteiger partial charge on any atom is 0.0468 e. The van der Waals surface area contributed by atoms with Crippen LogP contribution in [0.5, 0.6) is 0 Å². The Morgan fingerprint density at radius 1 is 0.486 bits per heavy atom. The van der Waals surface area contributed by atoms with Crippen molar-refractivity contribution < 1.29 is 0 Å². The molecule has 0 N–H and O–H groups in total. The van der Waals surface area contributed by atoms with Gasteiger partial charge in [0.25, 0.3) is 0 Å². The molecule has 168 valence electrons. The number of nitrogens with zero attached hydrogens (tertiary/aromatic N) is 1. The minimum Gasteiger partial charge on any atom is -0.310 e. The Labute approximate surface area is 206 Å². The summed E-state index contributed by atoms with van der Waals surface area (Å²) < 4.78 is 0. The van der Waals surface area contributed by atoms with Gasteiger partial charge in [0.05, 0.1) is 0 Å². The van der Waals surface area contributed by atoms with Gasteiger partial charge in [-0.1, -0.05) is 72.8 Å². The van der Waals surface area contributed by atoms with Crippen molar-refractivity contribution in [2.24, 2.45) is 0 Å². The molecule has 0 aliphatic heterocycles. The predicted octanol–water partition coefficient (Wildman–Crippen LogP) is 9.41. The van der Waals surface area contributed by atoms with Crippen LogP contribution in [0.3, 0.4) is 0 Å². The third-order valence-corrected chi connectivity index (χ3v) is 7.64. The molecule has 0 aromatic heterocycles. The van der Waals surface area contributed by atoms with Crippen molar-refractivity contribution in [2.45, 2.75) is 26.2 Å². The van der Waals surface area contributed by atoms with Crippen LogP contribution in [0.15, 0.2) is 109 Å². The molecular formula is C34H27N. The molecule has 0 spiro atoms. The van der Waals surface area contributed by atoms with Crippen molar-refractivity contribution in [1.29, 1.82) is 0 Å². The second-order valence-electron chi connectivity index (χ2n) is 9.82. The van der Waals surface area contributed by atoms with E-state index in [1.54, 1.807) is 0 Å². The molecule has 0 heterocycles. The zero-order valence-corrected chi connectivity index (χ0v) is 20.0. The minimum absolute atomic E-state index is 1.18. The molecule has 0 atom stereocenters. The van der Waals surface area contributed by atoms with Crippen molar-refractivity contribution in [1.82, 2.24) is 0 Å². The molecule has 1 aliphatic carbocycles. The van der Waals surface area contributed by atoms with E-state index in [1.807, 2.05) is 0 Å². The molecule has 0 saturated heterocycles. The van der Waals surface area contributed by atoms with Crippen LogP contribution < -0.4 is 4.90 Å². The molecule has 1 nitrogen and oxygen atoms in total. The van der Waals surface area contributed by atoms with Gasteiger partial charge in [0.15, 0.2) is 0 Å². The molecule has 6 aromatic rings. The summed E-state index contributed by atoms with van der Waals surface area (Å²) in [6.45, 7) is 2.21. The van der Waals surface area contributed by atoms with E-state index in [0.29, 0.717) is 0 Å². The van der Waals surface area contributed by atoms with E-state index >= 15 is 0 Å². The summed E-state index contributed by atoms with van der Waals surface area (Å²) in [5.41, 5.74) is 7.95. The van der Waals surface area contributed by atoms with Crippen LogP contribution >= 0.6 is 0 Å². The van der Waals surface area contributed by atoms with Gasteiger partial charge in [-0.25, -0.2) is 0 Å². The van der Waals surface area contributed by atoms with Gasteiger partial charge in [-0.15, -0.1) is 0 Å². The number of hydrogen-bond donors (Lipinski definition) is 0. The van der Waals surface area contributed by atoms with Crippen LogP contribution in [0.25, 0.3) is 32.3 Å². The molecule has 0 radical (unpaired) electrons. The smallest absolute Gasteiger partial charge is 0.0468 e. The third kappa shape index (κ3) is 3.39. The summed E-state index contributed by atoms with van der Waals surface area (Å²) in [7, 11) is 0. The second kappa shape index (κ2) is 7.99. The molecular weight excluding hydrogens is 422 g/mol. The second-order valence-corrected chi connectivity index (χ2v) is 9.82. The lowest BCUT2D eigenvalue weighted by molar-refractivity contribution is 0.912. The van der Waals surface area contributed by atoms with E-state index in [4.69, 9.17) is 0 Å². The third-order valence-electron chi connectivity index (χ3n) is 7.64. The van der Waals surface area contributed by atoms with Crippen molar-refractivity contribution in [3.8, 4) is 0 Å². The number of fused-ring (bicyclic) bond motifs is 5. The zero-order chi connectivity index (χ0) is 23.4. The first-order valence-corrected chi connectivity index (χ1v) is 12.6. The molecule has 6 aromatic carbocycles. The Kier molecular flexibility index (Phi) is 4.63. The number of hydrogen-bond acceptors (Lipinski definition) is 1. The molecule has 0 unspecified atom stereocenters. The van der Waals surface area contributed by atoms with Gasteiger partial charge in [-0.05, 0) is 112 Å². The first kappa shape index (κ1) is 20.3. The number of rotatable bonds is 3. The number of anilines is 3. The maximum absolute atomic E-state index is 2.43. The largest absolute Gasteiger partial charge is 0.310 e. The Balaban J connectivity index is 1.48. The minimum atomic E-state index is 1.18. The van der Waals surface area contributed by atoms with Crippen molar-refractivity contribution >= 4 is 49.4 Å². The monoisotopic (exact) mass is 449 g/mol. The molecule has 35 heavy (non-hydrogen) atoms. The van der Waals surface area contributed by atoms with Gasteiger partial charge in [-0.2, -0.15) is 0 Å². The van der Waals surface area contributed by atoms with E-state index in [-0.39, 0.29) is 0 Å². The lowest BCUT2D eigenvalue weighted by atomic mass is 9.97. The summed E-state index contributed by atoms with van der Waals surface area (Å²) in [6, 6.07) is 40.5. The maximum atomic E-state index is 2.43. The first-order chi connectivity index (χ1) is 17.2. The fourth-order valence-corrected chi connectivity index (χ4v) is 5.88. The van der Waals surface area contributed by atoms with E-state index in [2.05, 4.69) is 121 Å². The zero-order valence-electron chi connectivity index (χ0n) is 20.0. The first-order valence-electron chi connectivity index (χ1n) is 12.6. The summed E-state index contributed by atoms with van der Waals surface area (Å²) in [5, 5.41) is 7.76. The Morgan fingerprint density at radius 2 is 1.14 bits per heavy atom. The van der Waals surface area contributed by atoms with Gasteiger partial charge in [0.1, 0.15) is 0 Å². The topological polar surface area (TPSA) is 3.24 Å². The van der Waals surface area contributed by atoms with Crippen molar-refractivity contribution in [3.05, 3.63) is 126 Å². The molecule has 0 fully saturated rings. The van der Waals surface area contributed by atoms with E-state index in [9.17, 15) is 0 Å². The van der Waals surface area contributed by atoms with Crippen molar-refractivity contribution in [2.75, 3.05) is 4.90 Å². The molecule has 0 bridgehead atoms. The van der Waals surface area contributed by atoms with Crippen LogP contribution in [0.1, 0.15) is 23.1 Å². The highest BCUT2D eigenvalue weighted by molar-refractivity contribution is 6.10. The highest BCUT2D eigenvalue weighted by Crippen LogP contribution is 2.40. The Hall–Kier alpha value is -4.10. The molecule has 7 rings (SSSR count). The summed E-state index contributed by atoms with van der Waals surface area (Å²) in [4.78, 5) is 2.43. The lowest BCUT2D eigenvalue weighted by Crippen LogP contribution is -2.10. The van der Waals surface area contributed by atoms with Crippen LogP contribution in [-0.2, 0) is 12.8 Å². The number of benzene rings is 6. The Morgan fingerprint density at radius 3 is 2.03 bits per heavy atom. The quantitative estimate of drug-likeness (QED) is 0.243. The normalized spacial score (nSPS) is 12.9. The van der Waals surface area contributed by atoms with Crippen LogP contribution in [-0.4, -0.2) is 0 Å². The number of aryl methyl sites for hydroxylation is 3. The molecule has 1 heteroatoms. The van der Waals surface area contributed by atoms with Gasteiger partial charge < -0.3 is 4.90 Å². The Bertz CT molecular complexity index is 1740. The standard InChI is InChI=1S/C34H27N/c1-23-19-28-15-18-31(22-34(28)33-12-5-4-11-32(23)33)35(30-17-14-25-9-6-10-27(25)21-30)29-16-13-24-7-2-3-8-26(24)20-29/h2-5,7-8,11-22H,6,9-10H2,1H3. The van der Waals surface area contributed by atoms with Gasteiger partial charge in [-0.3, -0.25) is 0 Å². The lowest BCUT2D eigenvalue weighted by Gasteiger charge is -2.27. The summed E-state index contributed by atoms with van der Waals surface area (Å²) >= 11 is 0. The molecule has 0 saturated carbocycles. The van der Waals surface area contributed by atoms with Crippen LogP contribution in [0, 0.1) is 6.92 Å². The van der Waals surface area contributed by atoms with Crippen LogP contribution in [0.2, 0.25) is 0 Å². The average Bonchev–Trinajstić information content (AvgIpc) is 3.37. The predicted molar refractivity (Wildman–Crippen MR) is 150 cm³/mol. The summed E-state index contributed by atoms with van der Waals surface area (Å²) in [5.74, 6) is 0. The average molecular weight is 450 g/mol.